The molecule has 3 rings (SSSR count). The molecule has 30 heavy (non-hydrogen) atoms. The largest absolute Gasteiger partial charge is 0.493 e. The molecule has 0 radical (unpaired) electrons. The predicted molar refractivity (Wildman–Crippen MR) is 114 cm³/mol. The topological polar surface area (TPSA) is 71.6 Å². The molecule has 158 valence electrons. The van der Waals surface area contributed by atoms with E-state index in [4.69, 9.17) is 28.6 Å². The first-order valence-corrected chi connectivity index (χ1v) is 9.55. The zero-order valence-corrected chi connectivity index (χ0v) is 17.5. The fourth-order valence-electron chi connectivity index (χ4n) is 3.07. The Morgan fingerprint density at radius 1 is 1.23 bits per heavy atom. The highest BCUT2D eigenvalue weighted by Crippen LogP contribution is 2.35. The molecule has 3 N–H and O–H groups in total. The van der Waals surface area contributed by atoms with Gasteiger partial charge in [-0.2, -0.15) is 8.78 Å². The molecule has 0 spiro atoms. The number of nitrogens with one attached hydrogen (secondary N) is 3. The smallest absolute Gasteiger partial charge is 0.387 e. The standard InChI is InChI=1S/C20H18ClF2N3O3S/c1-10-16(18(27)25-13-5-3-4-12(21)9-13)17(26-20(30)24-10)11-6-7-14(29-19(22)23)15(8-11)28-2/h3-9,17,19H,1-2H3,(H,25,27)(H2,24,26,30)/t17-/m0/s1. The molecule has 2 aromatic carbocycles. The lowest BCUT2D eigenvalue weighted by Crippen LogP contribution is -2.45. The van der Waals surface area contributed by atoms with Gasteiger partial charge in [0.2, 0.25) is 0 Å². The van der Waals surface area contributed by atoms with Crippen LogP contribution in [0.5, 0.6) is 11.5 Å². The number of allylic oxidation sites excluding steroid dienone is 1. The number of hydrogen-bond acceptors (Lipinski definition) is 4. The van der Waals surface area contributed by atoms with Gasteiger partial charge in [-0.15, -0.1) is 0 Å². The van der Waals surface area contributed by atoms with Crippen LogP contribution in [0, 0.1) is 0 Å². The maximum atomic E-state index is 13.1. The van der Waals surface area contributed by atoms with E-state index in [1.165, 1.54) is 19.2 Å². The number of benzene rings is 2. The van der Waals surface area contributed by atoms with Crippen LogP contribution < -0.4 is 25.4 Å². The van der Waals surface area contributed by atoms with E-state index in [2.05, 4.69) is 20.7 Å². The van der Waals surface area contributed by atoms with Crippen molar-refractivity contribution in [1.29, 1.82) is 0 Å². The van der Waals surface area contributed by atoms with Crippen LogP contribution in [0.2, 0.25) is 5.02 Å². The third-order valence-corrected chi connectivity index (χ3v) is 4.79. The van der Waals surface area contributed by atoms with Gasteiger partial charge in [0.25, 0.3) is 5.91 Å². The minimum Gasteiger partial charge on any atom is -0.493 e. The molecule has 2 aromatic rings. The van der Waals surface area contributed by atoms with Gasteiger partial charge in [-0.25, -0.2) is 0 Å². The van der Waals surface area contributed by atoms with E-state index < -0.39 is 12.7 Å². The molecule has 0 saturated heterocycles. The van der Waals surface area contributed by atoms with Crippen molar-refractivity contribution in [2.75, 3.05) is 12.4 Å². The zero-order valence-electron chi connectivity index (χ0n) is 16.0. The number of halogens is 3. The normalized spacial score (nSPS) is 16.1. The van der Waals surface area contributed by atoms with Gasteiger partial charge >= 0.3 is 6.61 Å². The van der Waals surface area contributed by atoms with Crippen molar-refractivity contribution in [2.24, 2.45) is 0 Å². The minimum atomic E-state index is -2.99. The number of hydrogen-bond donors (Lipinski definition) is 3. The van der Waals surface area contributed by atoms with E-state index in [1.54, 1.807) is 37.3 Å². The molecule has 10 heteroatoms. The van der Waals surface area contributed by atoms with E-state index in [0.29, 0.717) is 32.7 Å². The number of amides is 1. The van der Waals surface area contributed by atoms with Crippen molar-refractivity contribution < 1.29 is 23.0 Å². The van der Waals surface area contributed by atoms with Crippen molar-refractivity contribution >= 4 is 40.5 Å². The second-order valence-corrected chi connectivity index (χ2v) is 7.17. The number of ether oxygens (including phenoxy) is 2. The van der Waals surface area contributed by atoms with Crippen LogP contribution in [0.3, 0.4) is 0 Å². The summed E-state index contributed by atoms with van der Waals surface area (Å²) in [4.78, 5) is 13.1. The van der Waals surface area contributed by atoms with Crippen molar-refractivity contribution in [2.45, 2.75) is 19.6 Å². The van der Waals surface area contributed by atoms with Gasteiger partial charge in [0, 0.05) is 16.4 Å². The summed E-state index contributed by atoms with van der Waals surface area (Å²) in [7, 11) is 1.34. The van der Waals surface area contributed by atoms with Gasteiger partial charge in [-0.1, -0.05) is 23.7 Å². The number of methoxy groups -OCH3 is 1. The van der Waals surface area contributed by atoms with Crippen molar-refractivity contribution in [3.05, 3.63) is 64.3 Å². The Morgan fingerprint density at radius 2 is 2.00 bits per heavy atom. The first kappa shape index (κ1) is 21.8. The first-order chi connectivity index (χ1) is 14.3. The van der Waals surface area contributed by atoms with E-state index in [0.717, 1.165) is 0 Å². The van der Waals surface area contributed by atoms with Gasteiger partial charge in [0.1, 0.15) is 0 Å². The Bertz CT molecular complexity index is 1020. The molecule has 1 aliphatic rings. The van der Waals surface area contributed by atoms with E-state index in [-0.39, 0.29) is 17.4 Å². The minimum absolute atomic E-state index is 0.103. The summed E-state index contributed by atoms with van der Waals surface area (Å²) in [5, 5.41) is 9.57. The summed E-state index contributed by atoms with van der Waals surface area (Å²) in [5.74, 6) is -0.390. The molecule has 1 aliphatic heterocycles. The number of carbonyl (C=O) groups is 1. The Labute approximate surface area is 182 Å². The lowest BCUT2D eigenvalue weighted by atomic mass is 9.94. The lowest BCUT2D eigenvalue weighted by Gasteiger charge is -2.30. The van der Waals surface area contributed by atoms with E-state index in [9.17, 15) is 13.6 Å². The van der Waals surface area contributed by atoms with Crippen LogP contribution in [0.15, 0.2) is 53.7 Å². The Hall–Kier alpha value is -2.91. The number of rotatable bonds is 6. The molecular formula is C20H18ClF2N3O3S. The SMILES string of the molecule is COc1cc([C@@H]2NC(=S)NC(C)=C2C(=O)Nc2cccc(Cl)c2)ccc1OC(F)F. The number of anilines is 1. The highest BCUT2D eigenvalue weighted by molar-refractivity contribution is 7.80. The number of alkyl halides is 2. The predicted octanol–water partition coefficient (Wildman–Crippen LogP) is 4.38. The molecule has 1 amide bonds. The summed E-state index contributed by atoms with van der Waals surface area (Å²) in [6.07, 6.45) is 0. The molecule has 0 unspecified atom stereocenters. The van der Waals surface area contributed by atoms with Crippen molar-refractivity contribution in [3.63, 3.8) is 0 Å². The fraction of sp³-hybridized carbons (Fsp3) is 0.200. The van der Waals surface area contributed by atoms with Crippen LogP contribution in [0.1, 0.15) is 18.5 Å². The molecule has 0 saturated carbocycles. The second kappa shape index (κ2) is 9.27. The Morgan fingerprint density at radius 3 is 2.67 bits per heavy atom. The average Bonchev–Trinajstić information content (AvgIpc) is 2.67. The van der Waals surface area contributed by atoms with Crippen molar-refractivity contribution in [3.8, 4) is 11.5 Å². The Balaban J connectivity index is 1.96. The summed E-state index contributed by atoms with van der Waals surface area (Å²) in [6.45, 7) is -1.27. The zero-order chi connectivity index (χ0) is 21.8. The molecular weight excluding hydrogens is 436 g/mol. The maximum absolute atomic E-state index is 13.1. The molecule has 0 aromatic heterocycles. The molecule has 0 bridgehead atoms. The monoisotopic (exact) mass is 453 g/mol. The lowest BCUT2D eigenvalue weighted by molar-refractivity contribution is -0.113. The van der Waals surface area contributed by atoms with Gasteiger partial charge < -0.3 is 25.4 Å². The van der Waals surface area contributed by atoms with Gasteiger partial charge in [0.05, 0.1) is 18.7 Å². The molecule has 6 nitrogen and oxygen atoms in total. The van der Waals surface area contributed by atoms with Crippen LogP contribution in [-0.2, 0) is 4.79 Å². The first-order valence-electron chi connectivity index (χ1n) is 8.76. The summed E-state index contributed by atoms with van der Waals surface area (Å²) in [6, 6.07) is 10.5. The quantitative estimate of drug-likeness (QED) is 0.564. The molecule has 0 aliphatic carbocycles. The van der Waals surface area contributed by atoms with E-state index in [1.807, 2.05) is 0 Å². The highest BCUT2D eigenvalue weighted by atomic mass is 35.5. The van der Waals surface area contributed by atoms with Crippen LogP contribution in [-0.4, -0.2) is 24.7 Å². The fourth-order valence-corrected chi connectivity index (χ4v) is 3.53. The molecule has 0 fully saturated rings. The average molecular weight is 454 g/mol. The van der Waals surface area contributed by atoms with Crippen LogP contribution in [0.4, 0.5) is 14.5 Å². The van der Waals surface area contributed by atoms with Crippen LogP contribution >= 0.6 is 23.8 Å². The highest BCUT2D eigenvalue weighted by Gasteiger charge is 2.30. The molecule has 1 heterocycles. The van der Waals surface area contributed by atoms with Crippen LogP contribution in [0.25, 0.3) is 0 Å². The molecule has 1 atom stereocenters. The summed E-state index contributed by atoms with van der Waals surface area (Å²) in [5.41, 5.74) is 2.02. The third kappa shape index (κ3) is 4.98. The van der Waals surface area contributed by atoms with Gasteiger partial charge in [-0.3, -0.25) is 4.79 Å². The second-order valence-electron chi connectivity index (χ2n) is 6.32. The van der Waals surface area contributed by atoms with Crippen molar-refractivity contribution in [1.82, 2.24) is 10.6 Å². The van der Waals surface area contributed by atoms with E-state index >= 15 is 0 Å². The summed E-state index contributed by atoms with van der Waals surface area (Å²) < 4.78 is 34.9. The number of carbonyl (C=O) groups excluding carboxylic acids is 1. The maximum Gasteiger partial charge on any atom is 0.387 e. The summed E-state index contributed by atoms with van der Waals surface area (Å²) >= 11 is 11.2. The van der Waals surface area contributed by atoms with Gasteiger partial charge in [-0.05, 0) is 55.0 Å². The number of thiocarbonyl (C=S) groups is 1. The van der Waals surface area contributed by atoms with Gasteiger partial charge in [0.15, 0.2) is 16.6 Å². The Kier molecular flexibility index (Phi) is 6.73. The third-order valence-electron chi connectivity index (χ3n) is 4.33.